The lowest BCUT2D eigenvalue weighted by Gasteiger charge is -2.44. The molecule has 3 rings (SSSR count). The van der Waals surface area contributed by atoms with Crippen LogP contribution >= 0.6 is 0 Å². The lowest BCUT2D eigenvalue weighted by Crippen LogP contribution is -2.60. The summed E-state index contributed by atoms with van der Waals surface area (Å²) in [6, 6.07) is 19.7. The quantitative estimate of drug-likeness (QED) is 0.851. The van der Waals surface area contributed by atoms with Crippen LogP contribution in [0.2, 0.25) is 0 Å². The van der Waals surface area contributed by atoms with Crippen molar-refractivity contribution in [1.29, 1.82) is 0 Å². The summed E-state index contributed by atoms with van der Waals surface area (Å²) in [6.45, 7) is 5.23. The molecule has 2 aromatic rings. The summed E-state index contributed by atoms with van der Waals surface area (Å²) in [6.07, 6.45) is 0.825. The number of rotatable bonds is 4. The van der Waals surface area contributed by atoms with E-state index in [2.05, 4.69) is 0 Å². The van der Waals surface area contributed by atoms with E-state index in [1.807, 2.05) is 84.3 Å². The van der Waals surface area contributed by atoms with E-state index in [1.165, 1.54) is 0 Å². The molecule has 1 saturated heterocycles. The molecular weight excluding hydrogens is 324 g/mol. The Balaban J connectivity index is 1.61. The second kappa shape index (κ2) is 8.17. The topological polar surface area (TPSA) is 40.6 Å². The van der Waals surface area contributed by atoms with Gasteiger partial charge in [0, 0.05) is 25.2 Å². The first kappa shape index (κ1) is 18.2. The Bertz CT molecular complexity index is 680. The van der Waals surface area contributed by atoms with Crippen LogP contribution in [0, 0.1) is 0 Å². The maximum absolute atomic E-state index is 12.7. The van der Waals surface area contributed by atoms with Crippen molar-refractivity contribution in [1.82, 2.24) is 9.80 Å². The molecule has 2 amide bonds. The number of nitrogens with zero attached hydrogens (tertiary/aromatic N) is 2. The van der Waals surface area contributed by atoms with E-state index >= 15 is 0 Å². The standard InChI is InChI=1S/C22H26N2O2/c1-17-15-24(22(26)14-20-11-7-4-8-12-20)18(2)16-23(17)21(25)13-19-9-5-3-6-10-19/h3-12,17-18H,13-16H2,1-2H3. The number of amides is 2. The van der Waals surface area contributed by atoms with E-state index in [1.54, 1.807) is 0 Å². The highest BCUT2D eigenvalue weighted by Crippen LogP contribution is 2.18. The smallest absolute Gasteiger partial charge is 0.227 e. The van der Waals surface area contributed by atoms with Crippen LogP contribution in [0.3, 0.4) is 0 Å². The Labute approximate surface area is 155 Å². The lowest BCUT2D eigenvalue weighted by molar-refractivity contribution is -0.145. The highest BCUT2D eigenvalue weighted by Gasteiger charge is 2.34. The zero-order valence-corrected chi connectivity index (χ0v) is 15.5. The summed E-state index contributed by atoms with van der Waals surface area (Å²) in [5.41, 5.74) is 2.06. The van der Waals surface area contributed by atoms with E-state index < -0.39 is 0 Å². The molecule has 1 aliphatic rings. The third-order valence-electron chi connectivity index (χ3n) is 5.02. The molecule has 1 aliphatic heterocycles. The molecule has 136 valence electrons. The number of carbonyl (C=O) groups excluding carboxylic acids is 2. The molecule has 26 heavy (non-hydrogen) atoms. The van der Waals surface area contributed by atoms with Crippen LogP contribution in [0.15, 0.2) is 60.7 Å². The summed E-state index contributed by atoms with van der Waals surface area (Å²) >= 11 is 0. The van der Waals surface area contributed by atoms with Gasteiger partial charge in [-0.2, -0.15) is 0 Å². The Morgan fingerprint density at radius 2 is 1.08 bits per heavy atom. The molecule has 4 nitrogen and oxygen atoms in total. The van der Waals surface area contributed by atoms with Gasteiger partial charge in [0.25, 0.3) is 0 Å². The van der Waals surface area contributed by atoms with Crippen molar-refractivity contribution < 1.29 is 9.59 Å². The first-order chi connectivity index (χ1) is 12.5. The number of carbonyl (C=O) groups is 2. The molecule has 0 N–H and O–H groups in total. The number of benzene rings is 2. The SMILES string of the molecule is CC1CN(C(=O)Cc2ccccc2)C(C)CN1C(=O)Cc1ccccc1. The van der Waals surface area contributed by atoms with Gasteiger partial charge in [0.15, 0.2) is 0 Å². The molecule has 4 heteroatoms. The summed E-state index contributed by atoms with van der Waals surface area (Å²) in [7, 11) is 0. The molecule has 1 heterocycles. The highest BCUT2D eigenvalue weighted by atomic mass is 16.2. The fourth-order valence-corrected chi connectivity index (χ4v) is 3.57. The minimum atomic E-state index is 0.0298. The highest BCUT2D eigenvalue weighted by molar-refractivity contribution is 5.81. The molecule has 1 fully saturated rings. The maximum Gasteiger partial charge on any atom is 0.227 e. The van der Waals surface area contributed by atoms with Crippen LogP contribution in [-0.4, -0.2) is 46.8 Å². The van der Waals surface area contributed by atoms with Gasteiger partial charge in [0.1, 0.15) is 0 Å². The van der Waals surface area contributed by atoms with Crippen LogP contribution in [0.4, 0.5) is 0 Å². The van der Waals surface area contributed by atoms with E-state index in [-0.39, 0.29) is 23.9 Å². The van der Waals surface area contributed by atoms with Crippen LogP contribution in [-0.2, 0) is 22.4 Å². The third-order valence-corrected chi connectivity index (χ3v) is 5.02. The van der Waals surface area contributed by atoms with E-state index in [4.69, 9.17) is 0 Å². The predicted octanol–water partition coefficient (Wildman–Crippen LogP) is 2.92. The average molecular weight is 350 g/mol. The van der Waals surface area contributed by atoms with Crippen molar-refractivity contribution in [2.75, 3.05) is 13.1 Å². The predicted molar refractivity (Wildman–Crippen MR) is 103 cm³/mol. The van der Waals surface area contributed by atoms with Crippen molar-refractivity contribution in [3.63, 3.8) is 0 Å². The van der Waals surface area contributed by atoms with Crippen molar-refractivity contribution in [2.45, 2.75) is 38.8 Å². The Morgan fingerprint density at radius 1 is 0.731 bits per heavy atom. The Hall–Kier alpha value is -2.62. The van der Waals surface area contributed by atoms with Gasteiger partial charge in [-0.05, 0) is 25.0 Å². The fourth-order valence-electron chi connectivity index (χ4n) is 3.57. The largest absolute Gasteiger partial charge is 0.336 e. The third kappa shape index (κ3) is 4.31. The monoisotopic (exact) mass is 350 g/mol. The second-order valence-corrected chi connectivity index (χ2v) is 7.11. The van der Waals surface area contributed by atoms with E-state index in [0.29, 0.717) is 25.9 Å². The molecule has 2 atom stereocenters. The average Bonchev–Trinajstić information content (AvgIpc) is 2.64. The number of piperazine rings is 1. The van der Waals surface area contributed by atoms with Crippen molar-refractivity contribution >= 4 is 11.8 Å². The summed E-state index contributed by atoms with van der Waals surface area (Å²) in [5, 5.41) is 0. The van der Waals surface area contributed by atoms with Gasteiger partial charge in [-0.15, -0.1) is 0 Å². The van der Waals surface area contributed by atoms with Gasteiger partial charge in [-0.25, -0.2) is 0 Å². The first-order valence-corrected chi connectivity index (χ1v) is 9.21. The zero-order valence-electron chi connectivity index (χ0n) is 15.5. The van der Waals surface area contributed by atoms with Gasteiger partial charge < -0.3 is 9.80 Å². The Kier molecular flexibility index (Phi) is 5.71. The van der Waals surface area contributed by atoms with Crippen molar-refractivity contribution in [2.24, 2.45) is 0 Å². The summed E-state index contributed by atoms with van der Waals surface area (Å²) < 4.78 is 0. The van der Waals surface area contributed by atoms with Gasteiger partial charge in [-0.1, -0.05) is 60.7 Å². The molecule has 2 aromatic carbocycles. The zero-order chi connectivity index (χ0) is 18.5. The molecule has 0 bridgehead atoms. The lowest BCUT2D eigenvalue weighted by atomic mass is 10.0. The van der Waals surface area contributed by atoms with Crippen LogP contribution in [0.25, 0.3) is 0 Å². The molecule has 0 aliphatic carbocycles. The van der Waals surface area contributed by atoms with E-state index in [9.17, 15) is 9.59 Å². The molecular formula is C22H26N2O2. The summed E-state index contributed by atoms with van der Waals surface area (Å²) in [5.74, 6) is 0.261. The number of hydrogen-bond donors (Lipinski definition) is 0. The van der Waals surface area contributed by atoms with Gasteiger partial charge in [-0.3, -0.25) is 9.59 Å². The van der Waals surface area contributed by atoms with E-state index in [0.717, 1.165) is 11.1 Å². The molecule has 0 saturated carbocycles. The van der Waals surface area contributed by atoms with Crippen LogP contribution in [0.1, 0.15) is 25.0 Å². The van der Waals surface area contributed by atoms with Crippen LogP contribution < -0.4 is 0 Å². The first-order valence-electron chi connectivity index (χ1n) is 9.21. The number of hydrogen-bond acceptors (Lipinski definition) is 2. The maximum atomic E-state index is 12.7. The van der Waals surface area contributed by atoms with Gasteiger partial charge >= 0.3 is 0 Å². The minimum absolute atomic E-state index is 0.0298. The molecule has 0 radical (unpaired) electrons. The molecule has 0 aromatic heterocycles. The fraction of sp³-hybridized carbons (Fsp3) is 0.364. The summed E-state index contributed by atoms with van der Waals surface area (Å²) in [4.78, 5) is 29.3. The molecule has 2 unspecified atom stereocenters. The van der Waals surface area contributed by atoms with Crippen LogP contribution in [0.5, 0.6) is 0 Å². The normalized spacial score (nSPS) is 20.1. The van der Waals surface area contributed by atoms with Crippen molar-refractivity contribution in [3.8, 4) is 0 Å². The van der Waals surface area contributed by atoms with Crippen molar-refractivity contribution in [3.05, 3.63) is 71.8 Å². The van der Waals surface area contributed by atoms with Gasteiger partial charge in [0.05, 0.1) is 12.8 Å². The molecule has 0 spiro atoms. The minimum Gasteiger partial charge on any atom is -0.336 e. The Morgan fingerprint density at radius 3 is 1.42 bits per heavy atom. The van der Waals surface area contributed by atoms with Gasteiger partial charge in [0.2, 0.25) is 11.8 Å². The second-order valence-electron chi connectivity index (χ2n) is 7.11.